The first kappa shape index (κ1) is 98.0. The van der Waals surface area contributed by atoms with Crippen LogP contribution in [0.25, 0.3) is 45.0 Å². The van der Waals surface area contributed by atoms with Gasteiger partial charge >= 0.3 is 17.9 Å². The number of pyridine rings is 6. The quantitative estimate of drug-likeness (QED) is 0.0230. The summed E-state index contributed by atoms with van der Waals surface area (Å²) in [5, 5.41) is 25.3. The van der Waals surface area contributed by atoms with Gasteiger partial charge in [0.25, 0.3) is 0 Å². The van der Waals surface area contributed by atoms with Gasteiger partial charge in [-0.2, -0.15) is 0 Å². The van der Waals surface area contributed by atoms with Crippen molar-refractivity contribution < 1.29 is 115 Å². The number of hydrogen-bond acceptors (Lipinski definition) is 13. The predicted octanol–water partition coefficient (Wildman–Crippen LogP) is 18.3. The molecule has 554 valence electrons. The maximum Gasteiger partial charge on any atom is 0.354 e. The number of rotatable bonds is 14. The van der Waals surface area contributed by atoms with Crippen LogP contribution in [0.1, 0.15) is 81.6 Å². The van der Waals surface area contributed by atoms with E-state index in [0.717, 1.165) is 48.5 Å². The van der Waals surface area contributed by atoms with E-state index in [1.165, 1.54) is 50.2 Å². The fourth-order valence-corrected chi connectivity index (χ4v) is 6.83. The Bertz CT molecular complexity index is 3740. The van der Waals surface area contributed by atoms with Crippen molar-refractivity contribution in [2.24, 2.45) is 0 Å². The Kier molecular flexibility index (Phi) is 52.8. The summed E-state index contributed by atoms with van der Waals surface area (Å²) in [6.07, 6.45) is 8.88. The smallest absolute Gasteiger partial charge is 0.354 e. The van der Waals surface area contributed by atoms with Crippen LogP contribution in [0.5, 0.6) is 0 Å². The number of allylic oxidation sites excluding steroid dienone is 1. The number of carbonyl (C=O) groups excluding carboxylic acids is 2. The number of nitrogens with zero attached hydrogens (tertiary/aromatic N) is 7. The van der Waals surface area contributed by atoms with Crippen LogP contribution in [0.3, 0.4) is 0 Å². The molecule has 28 heteroatoms. The van der Waals surface area contributed by atoms with E-state index < -0.39 is 69.7 Å². The van der Waals surface area contributed by atoms with E-state index in [9.17, 15) is 54.3 Å². The van der Waals surface area contributed by atoms with Crippen LogP contribution >= 0.6 is 34.8 Å². The van der Waals surface area contributed by atoms with Gasteiger partial charge in [0.05, 0.1) is 11.9 Å². The Balaban J connectivity index is -0.00000111. The Morgan fingerprint density at radius 1 is 0.476 bits per heavy atom. The number of hydrogen-bond donors (Lipinski definition) is 3. The van der Waals surface area contributed by atoms with Gasteiger partial charge in [-0.1, -0.05) is 156 Å². The van der Waals surface area contributed by atoms with Crippen LogP contribution in [-0.2, 0) is 67.8 Å². The summed E-state index contributed by atoms with van der Waals surface area (Å²) in [6, 6.07) is 43.9. The maximum atomic E-state index is 13.2. The molecule has 6 heterocycles. The molecule has 103 heavy (non-hydrogen) atoms. The van der Waals surface area contributed by atoms with Gasteiger partial charge in [-0.3, -0.25) is 39.9 Å². The molecule has 0 aliphatic heterocycles. The fourth-order valence-electron chi connectivity index (χ4n) is 6.83. The number of alkyl halides is 2. The van der Waals surface area contributed by atoms with E-state index in [1.807, 2.05) is 0 Å². The van der Waals surface area contributed by atoms with E-state index in [1.54, 1.807) is 117 Å². The number of aromatic nitrogens is 6. The first-order chi connectivity index (χ1) is 47.2. The summed E-state index contributed by atoms with van der Waals surface area (Å²) in [4.78, 5) is 67.1. The van der Waals surface area contributed by atoms with Crippen LogP contribution in [0.2, 0.25) is 0 Å². The molecule has 2 radical (unpaired) electrons. The maximum absolute atomic E-state index is 13.2. The standard InChI is InChI=1S/4C11H6F2N.C11H11NO4.C7H7NO3.C6H15N.C4H5ClO.CH2Cl2.2CH4.2Ir/c4*12-8-4-5-9(10(13)7-8)11-3-1-2-6-14-11;1-7(2)11(15)16-6-8-3-4-9(10(13)14)12-5-8;9-4-5-1-2-6(7(10)11)8-3-5;1-4-7(5-2)6-3;1-3(2)4(5)6;2-1-3;;;;/h4*1-4,6-7H;3-5H,1,6H2,2H3,(H,13,14);1-3,9H,4H2,(H,10,11);4-6H2,1-3H3;1H2,2H3;1H2;2*1H4;;/q4*-1;;;;;;;;;. The van der Waals surface area contributed by atoms with E-state index in [-0.39, 0.29) is 107 Å². The molecule has 0 amide bonds. The van der Waals surface area contributed by atoms with Crippen molar-refractivity contribution in [2.75, 3.05) is 25.0 Å². The van der Waals surface area contributed by atoms with Gasteiger partial charge in [-0.25, -0.2) is 24.4 Å². The van der Waals surface area contributed by atoms with Gasteiger partial charge in [0.2, 0.25) is 5.24 Å². The van der Waals surface area contributed by atoms with Gasteiger partial charge in [0.1, 0.15) is 18.0 Å². The normalized spacial score (nSPS) is 9.34. The van der Waals surface area contributed by atoms with E-state index in [0.29, 0.717) is 45.0 Å². The van der Waals surface area contributed by atoms with E-state index in [2.05, 4.69) is 93.0 Å². The molecule has 0 unspecified atom stereocenters. The van der Waals surface area contributed by atoms with Crippen molar-refractivity contribution in [1.29, 1.82) is 0 Å². The van der Waals surface area contributed by atoms with Crippen molar-refractivity contribution in [3.8, 4) is 45.0 Å². The molecule has 15 nitrogen and oxygen atoms in total. The molecule has 0 saturated heterocycles. The minimum atomic E-state index is -1.09. The molecule has 0 aliphatic carbocycles. The molecule has 10 rings (SSSR count). The zero-order valence-corrected chi connectivity index (χ0v) is 61.4. The second-order valence-corrected chi connectivity index (χ2v) is 20.2. The number of aromatic carboxylic acids is 2. The summed E-state index contributed by atoms with van der Waals surface area (Å²) < 4.78 is 108. The topological polar surface area (TPSA) is 219 Å². The van der Waals surface area contributed by atoms with Crippen LogP contribution in [0.15, 0.2) is 207 Å². The Hall–Kier alpha value is -9.13. The van der Waals surface area contributed by atoms with Gasteiger partial charge in [0, 0.05) is 141 Å². The SMILES string of the molecule is C.C.C=C(C)C(=O)Cl.C=C(C)C(=O)OCc1ccc(C(=O)O)nc1.CCN(CC)CC.ClCCl.Fc1c[c-]c(-c2ccccn2)c(F)c1.Fc1c[c-]c(-c2ccccn2)c(F)c1.Fc1c[c-]c(-c2ccccn2)c(F)c1.Fc1c[c-]c(-c2ccccn2)c(F)c1.O=C(O)c1ccc(CO)cn1.[Ir].[Ir]. The van der Waals surface area contributed by atoms with Crippen LogP contribution in [-0.4, -0.2) is 98.2 Å². The van der Waals surface area contributed by atoms with Crippen molar-refractivity contribution in [2.45, 2.75) is 62.7 Å². The minimum absolute atomic E-state index is 0. The van der Waals surface area contributed by atoms with Gasteiger partial charge in [0.15, 0.2) is 0 Å². The average molecular weight is 1840 g/mol. The molecule has 0 fully saturated rings. The Labute approximate surface area is 636 Å². The largest absolute Gasteiger partial charge is 0.477 e. The molecule has 0 saturated carbocycles. The third-order valence-electron chi connectivity index (χ3n) is 11.8. The second kappa shape index (κ2) is 55.5. The monoisotopic (exact) mass is 1840 g/mol. The number of carbonyl (C=O) groups is 4. The van der Waals surface area contributed by atoms with Crippen molar-refractivity contribution in [1.82, 2.24) is 34.8 Å². The summed E-state index contributed by atoms with van der Waals surface area (Å²) >= 11 is 14.4. The number of esters is 1. The Morgan fingerprint density at radius 3 is 0.922 bits per heavy atom. The zero-order valence-electron chi connectivity index (χ0n) is 54.3. The summed E-state index contributed by atoms with van der Waals surface area (Å²) in [5.41, 5.74) is 4.42. The van der Waals surface area contributed by atoms with E-state index >= 15 is 0 Å². The summed E-state index contributed by atoms with van der Waals surface area (Å²) in [5.74, 6) is -7.78. The van der Waals surface area contributed by atoms with Crippen molar-refractivity contribution in [3.63, 3.8) is 0 Å². The molecule has 0 atom stereocenters. The first-order valence-electron chi connectivity index (χ1n) is 28.9. The number of ether oxygens (including phenoxy) is 1. The number of aliphatic hydroxyl groups is 1. The second-order valence-electron chi connectivity index (χ2n) is 19.0. The number of aliphatic hydroxyl groups excluding tert-OH is 1. The molecule has 3 N–H and O–H groups in total. The number of carboxylic acid groups (broad SMARTS) is 2. The molecule has 6 aromatic heterocycles. The number of carboxylic acids is 2. The molecular formula is C75H72Cl3F8Ir2N7O8-4. The first-order valence-corrected chi connectivity index (χ1v) is 30.3. The van der Waals surface area contributed by atoms with E-state index in [4.69, 9.17) is 54.9 Å². The van der Waals surface area contributed by atoms with Crippen molar-refractivity contribution >= 4 is 58.0 Å². The van der Waals surface area contributed by atoms with Gasteiger partial charge in [-0.15, -0.1) is 71.7 Å². The molecule has 0 spiro atoms. The third kappa shape index (κ3) is 39.2. The number of halogens is 11. The van der Waals surface area contributed by atoms with Crippen LogP contribution < -0.4 is 0 Å². The molecule has 0 bridgehead atoms. The predicted molar refractivity (Wildman–Crippen MR) is 376 cm³/mol. The van der Waals surface area contributed by atoms with Gasteiger partial charge < -0.3 is 44.9 Å². The molecule has 4 aromatic carbocycles. The van der Waals surface area contributed by atoms with Crippen LogP contribution in [0, 0.1) is 70.8 Å². The molecule has 0 aliphatic rings. The van der Waals surface area contributed by atoms with Crippen LogP contribution in [0.4, 0.5) is 35.1 Å². The van der Waals surface area contributed by atoms with Gasteiger partial charge in [-0.05, 0) is 110 Å². The molecular weight excluding hydrogens is 1770 g/mol. The molecule has 10 aromatic rings. The third-order valence-corrected chi connectivity index (χ3v) is 12.1. The average Bonchev–Trinajstić information content (AvgIpc) is 0.874. The zero-order chi connectivity index (χ0) is 73.8. The Morgan fingerprint density at radius 2 is 0.748 bits per heavy atom. The minimum Gasteiger partial charge on any atom is -0.477 e. The fraction of sp³-hybridized carbons (Fsp3) is 0.173. The number of benzene rings is 4. The summed E-state index contributed by atoms with van der Waals surface area (Å²) in [6.45, 7) is 19.9. The summed E-state index contributed by atoms with van der Waals surface area (Å²) in [7, 11) is 0. The van der Waals surface area contributed by atoms with Crippen molar-refractivity contribution in [3.05, 3.63) is 300 Å².